The summed E-state index contributed by atoms with van der Waals surface area (Å²) in [6, 6.07) is 7.60. The number of rotatable bonds is 9. The van der Waals surface area contributed by atoms with Crippen LogP contribution in [-0.2, 0) is 11.3 Å². The minimum atomic E-state index is -0.238. The molecule has 0 spiro atoms. The molecular formula is C22H36IN5O2. The lowest BCUT2D eigenvalue weighted by Crippen LogP contribution is -2.47. The number of nitrogens with two attached hydrogens (primary N) is 1. The van der Waals surface area contributed by atoms with Crippen LogP contribution in [0.25, 0.3) is 0 Å². The quantitative estimate of drug-likeness (QED) is 0.198. The maximum atomic E-state index is 12.1. The van der Waals surface area contributed by atoms with Crippen LogP contribution in [0.5, 0.6) is 0 Å². The third-order valence-electron chi connectivity index (χ3n) is 5.09. The molecule has 2 rings (SSSR count). The maximum absolute atomic E-state index is 12.1. The van der Waals surface area contributed by atoms with Gasteiger partial charge in [-0.2, -0.15) is 0 Å². The monoisotopic (exact) mass is 529 g/mol. The molecular weight excluding hydrogens is 493 g/mol. The fraction of sp³-hybridized carbons (Fsp3) is 0.591. The smallest absolute Gasteiger partial charge is 0.251 e. The number of likely N-dealkylation sites (tertiary alicyclic amines) is 1. The van der Waals surface area contributed by atoms with Gasteiger partial charge in [0.1, 0.15) is 0 Å². The Morgan fingerprint density at radius 2 is 1.93 bits per heavy atom. The normalized spacial score (nSPS) is 16.5. The lowest BCUT2D eigenvalue weighted by Gasteiger charge is -2.34. The molecule has 0 radical (unpaired) electrons. The van der Waals surface area contributed by atoms with Gasteiger partial charge in [0.05, 0.1) is 6.54 Å². The second-order valence-electron chi connectivity index (χ2n) is 7.60. The highest BCUT2D eigenvalue weighted by Gasteiger charge is 2.23. The Labute approximate surface area is 197 Å². The van der Waals surface area contributed by atoms with Gasteiger partial charge in [0.15, 0.2) is 5.96 Å². The van der Waals surface area contributed by atoms with E-state index in [4.69, 9.17) is 10.7 Å². The van der Waals surface area contributed by atoms with Crippen LogP contribution in [0.15, 0.2) is 29.3 Å². The number of unbranched alkanes of at least 4 members (excludes halogenated alkanes) is 1. The summed E-state index contributed by atoms with van der Waals surface area (Å²) < 4.78 is 0. The molecule has 1 unspecified atom stereocenters. The zero-order valence-corrected chi connectivity index (χ0v) is 20.5. The number of amides is 2. The SMILES string of the molecule is CCCCNC(=O)c1ccc(CN=C(NCC)N2CCCC(CC(N)=O)C2)cc1.I. The van der Waals surface area contributed by atoms with Gasteiger partial charge >= 0.3 is 0 Å². The minimum Gasteiger partial charge on any atom is -0.370 e. The van der Waals surface area contributed by atoms with Crippen molar-refractivity contribution < 1.29 is 9.59 Å². The Balaban J connectivity index is 0.00000450. The molecule has 1 heterocycles. The van der Waals surface area contributed by atoms with Gasteiger partial charge in [-0.05, 0) is 49.8 Å². The summed E-state index contributed by atoms with van der Waals surface area (Å²) in [6.07, 6.45) is 4.54. The number of hydrogen-bond donors (Lipinski definition) is 3. The molecule has 2 amide bonds. The van der Waals surface area contributed by atoms with E-state index in [9.17, 15) is 9.59 Å². The Kier molecular flexibility index (Phi) is 12.4. The van der Waals surface area contributed by atoms with Crippen molar-refractivity contribution in [3.8, 4) is 0 Å². The average Bonchev–Trinajstić information content (AvgIpc) is 2.71. The number of hydrogen-bond acceptors (Lipinski definition) is 3. The maximum Gasteiger partial charge on any atom is 0.251 e. The topological polar surface area (TPSA) is 99.8 Å². The molecule has 0 bridgehead atoms. The molecule has 1 aromatic rings. The highest BCUT2D eigenvalue weighted by molar-refractivity contribution is 14.0. The van der Waals surface area contributed by atoms with Crippen LogP contribution in [0, 0.1) is 5.92 Å². The molecule has 1 fully saturated rings. The van der Waals surface area contributed by atoms with E-state index in [0.29, 0.717) is 25.1 Å². The van der Waals surface area contributed by atoms with Crippen LogP contribution >= 0.6 is 24.0 Å². The first-order chi connectivity index (χ1) is 14.0. The summed E-state index contributed by atoms with van der Waals surface area (Å²) in [5, 5.41) is 6.28. The van der Waals surface area contributed by atoms with Gasteiger partial charge in [0, 0.05) is 38.2 Å². The third-order valence-corrected chi connectivity index (χ3v) is 5.09. The van der Waals surface area contributed by atoms with Crippen LogP contribution in [0.3, 0.4) is 0 Å². The fourth-order valence-electron chi connectivity index (χ4n) is 3.54. The minimum absolute atomic E-state index is 0. The van der Waals surface area contributed by atoms with Crippen molar-refractivity contribution in [3.63, 3.8) is 0 Å². The van der Waals surface area contributed by atoms with Gasteiger partial charge in [-0.1, -0.05) is 25.5 Å². The van der Waals surface area contributed by atoms with Crippen LogP contribution in [0.1, 0.15) is 61.9 Å². The molecule has 1 atom stereocenters. The Bertz CT molecular complexity index is 693. The number of piperidine rings is 1. The van der Waals surface area contributed by atoms with Crippen molar-refractivity contribution in [3.05, 3.63) is 35.4 Å². The summed E-state index contributed by atoms with van der Waals surface area (Å²) in [7, 11) is 0. The lowest BCUT2D eigenvalue weighted by molar-refractivity contribution is -0.119. The van der Waals surface area contributed by atoms with Crippen LogP contribution < -0.4 is 16.4 Å². The third kappa shape index (κ3) is 8.89. The second-order valence-corrected chi connectivity index (χ2v) is 7.60. The molecule has 1 aliphatic heterocycles. The molecule has 4 N–H and O–H groups in total. The van der Waals surface area contributed by atoms with Gasteiger partial charge in [0.25, 0.3) is 5.91 Å². The predicted molar refractivity (Wildman–Crippen MR) is 132 cm³/mol. The first-order valence-electron chi connectivity index (χ1n) is 10.7. The highest BCUT2D eigenvalue weighted by atomic mass is 127. The van der Waals surface area contributed by atoms with E-state index in [1.54, 1.807) is 0 Å². The number of carbonyl (C=O) groups is 2. The first kappa shape index (κ1) is 26.2. The average molecular weight is 529 g/mol. The van der Waals surface area contributed by atoms with Crippen LogP contribution in [-0.4, -0.2) is 48.9 Å². The van der Waals surface area contributed by atoms with E-state index >= 15 is 0 Å². The van der Waals surface area contributed by atoms with Gasteiger partial charge < -0.3 is 21.3 Å². The lowest BCUT2D eigenvalue weighted by atomic mass is 9.95. The molecule has 7 nitrogen and oxygen atoms in total. The molecule has 1 aliphatic rings. The number of nitrogens with one attached hydrogen (secondary N) is 2. The van der Waals surface area contributed by atoms with E-state index in [0.717, 1.165) is 56.8 Å². The summed E-state index contributed by atoms with van der Waals surface area (Å²) in [5.74, 6) is 0.881. The number of benzene rings is 1. The van der Waals surface area contributed by atoms with Gasteiger partial charge in [0.2, 0.25) is 5.91 Å². The first-order valence-corrected chi connectivity index (χ1v) is 10.7. The standard InChI is InChI=1S/C22H35N5O2.HI/c1-3-5-12-25-21(29)19-10-8-17(9-11-19)15-26-22(24-4-2)27-13-6-7-18(16-27)14-20(23)28;/h8-11,18H,3-7,12-16H2,1-2H3,(H2,23,28)(H,24,26)(H,25,29);1H. The number of primary amides is 1. The van der Waals surface area contributed by atoms with Gasteiger partial charge in [-0.3, -0.25) is 9.59 Å². The summed E-state index contributed by atoms with van der Waals surface area (Å²) in [4.78, 5) is 30.4. The fourth-order valence-corrected chi connectivity index (χ4v) is 3.54. The van der Waals surface area contributed by atoms with Gasteiger partial charge in [-0.25, -0.2) is 4.99 Å². The second kappa shape index (κ2) is 14.2. The van der Waals surface area contributed by atoms with E-state index in [1.165, 1.54) is 0 Å². The van der Waals surface area contributed by atoms with Crippen LogP contribution in [0.4, 0.5) is 0 Å². The summed E-state index contributed by atoms with van der Waals surface area (Å²) in [6.45, 7) is 7.91. The van der Waals surface area contributed by atoms with Crippen molar-refractivity contribution in [1.82, 2.24) is 15.5 Å². The Morgan fingerprint density at radius 1 is 1.20 bits per heavy atom. The predicted octanol–water partition coefficient (Wildman–Crippen LogP) is 2.89. The van der Waals surface area contributed by atoms with Crippen molar-refractivity contribution in [2.45, 2.75) is 52.5 Å². The van der Waals surface area contributed by atoms with E-state index < -0.39 is 0 Å². The van der Waals surface area contributed by atoms with E-state index in [1.807, 2.05) is 31.2 Å². The molecule has 8 heteroatoms. The molecule has 168 valence electrons. The largest absolute Gasteiger partial charge is 0.370 e. The Morgan fingerprint density at radius 3 is 2.57 bits per heavy atom. The molecule has 1 aromatic carbocycles. The highest BCUT2D eigenvalue weighted by Crippen LogP contribution is 2.19. The number of aliphatic imine (C=N–C) groups is 1. The summed E-state index contributed by atoms with van der Waals surface area (Å²) in [5.41, 5.74) is 7.10. The zero-order chi connectivity index (χ0) is 21.1. The number of carbonyl (C=O) groups excluding carboxylic acids is 2. The van der Waals surface area contributed by atoms with Crippen molar-refractivity contribution in [1.29, 1.82) is 0 Å². The number of nitrogens with zero attached hydrogens (tertiary/aromatic N) is 2. The van der Waals surface area contributed by atoms with E-state index in [-0.39, 0.29) is 41.7 Å². The zero-order valence-electron chi connectivity index (χ0n) is 18.2. The van der Waals surface area contributed by atoms with Gasteiger partial charge in [-0.15, -0.1) is 24.0 Å². The molecule has 30 heavy (non-hydrogen) atoms. The van der Waals surface area contributed by atoms with Crippen molar-refractivity contribution in [2.75, 3.05) is 26.2 Å². The number of guanidine groups is 1. The summed E-state index contributed by atoms with van der Waals surface area (Å²) >= 11 is 0. The van der Waals surface area contributed by atoms with Crippen molar-refractivity contribution in [2.24, 2.45) is 16.6 Å². The Hall–Kier alpha value is -1.84. The van der Waals surface area contributed by atoms with Crippen molar-refractivity contribution >= 4 is 41.8 Å². The molecule has 0 aromatic heterocycles. The molecule has 1 saturated heterocycles. The van der Waals surface area contributed by atoms with E-state index in [2.05, 4.69) is 22.5 Å². The number of halogens is 1. The van der Waals surface area contributed by atoms with Crippen LogP contribution in [0.2, 0.25) is 0 Å². The molecule has 0 aliphatic carbocycles. The molecule has 0 saturated carbocycles.